The molecular weight excluding hydrogens is 422 g/mol. The van der Waals surface area contributed by atoms with Gasteiger partial charge in [-0.3, -0.25) is 9.59 Å². The quantitative estimate of drug-likeness (QED) is 0.384. The van der Waals surface area contributed by atoms with E-state index >= 15 is 0 Å². The molecule has 0 saturated carbocycles. The first-order chi connectivity index (χ1) is 16.0. The van der Waals surface area contributed by atoms with Crippen molar-refractivity contribution in [2.45, 2.75) is 6.92 Å². The maximum Gasteiger partial charge on any atom is 0.271 e. The summed E-state index contributed by atoms with van der Waals surface area (Å²) in [6.45, 7) is 1.87. The second-order valence-corrected chi connectivity index (χ2v) is 7.07. The molecule has 3 rings (SSSR count). The predicted molar refractivity (Wildman–Crippen MR) is 126 cm³/mol. The minimum absolute atomic E-state index is 0.110. The van der Waals surface area contributed by atoms with Crippen LogP contribution in [0.2, 0.25) is 0 Å². The summed E-state index contributed by atoms with van der Waals surface area (Å²) < 4.78 is 15.8. The zero-order chi connectivity index (χ0) is 23.6. The van der Waals surface area contributed by atoms with Gasteiger partial charge in [-0.05, 0) is 61.0 Å². The van der Waals surface area contributed by atoms with Gasteiger partial charge < -0.3 is 19.5 Å². The third-order valence-electron chi connectivity index (χ3n) is 4.58. The number of aryl methyl sites for hydroxylation is 1. The summed E-state index contributed by atoms with van der Waals surface area (Å²) in [5.74, 6) is 0.904. The Bertz CT molecular complexity index is 1100. The molecule has 33 heavy (non-hydrogen) atoms. The minimum Gasteiger partial charge on any atom is -0.497 e. The van der Waals surface area contributed by atoms with Crippen molar-refractivity contribution in [3.63, 3.8) is 0 Å². The molecule has 2 N–H and O–H groups in total. The van der Waals surface area contributed by atoms with Crippen molar-refractivity contribution >= 4 is 23.7 Å². The first kappa shape index (κ1) is 23.3. The number of hydrazone groups is 1. The van der Waals surface area contributed by atoms with Crippen molar-refractivity contribution in [3.05, 3.63) is 83.4 Å². The number of carbonyl (C=O) groups excluding carboxylic acids is 2. The molecule has 0 aromatic heterocycles. The van der Waals surface area contributed by atoms with Gasteiger partial charge in [0, 0.05) is 17.3 Å². The van der Waals surface area contributed by atoms with Crippen LogP contribution in [-0.2, 0) is 4.79 Å². The zero-order valence-electron chi connectivity index (χ0n) is 18.6. The lowest BCUT2D eigenvalue weighted by Gasteiger charge is -2.08. The average Bonchev–Trinajstić information content (AvgIpc) is 2.84. The molecule has 0 bridgehead atoms. The fraction of sp³-hybridized carbons (Fsp3) is 0.160. The minimum atomic E-state index is -0.400. The fourth-order valence-electron chi connectivity index (χ4n) is 2.80. The van der Waals surface area contributed by atoms with Gasteiger partial charge >= 0.3 is 0 Å². The summed E-state index contributed by atoms with van der Waals surface area (Å²) in [6, 6.07) is 19.3. The molecule has 0 heterocycles. The zero-order valence-corrected chi connectivity index (χ0v) is 18.6. The number of amides is 2. The maximum absolute atomic E-state index is 12.3. The first-order valence-electron chi connectivity index (χ1n) is 10.1. The number of methoxy groups -OCH3 is 2. The second kappa shape index (κ2) is 11.3. The van der Waals surface area contributed by atoms with E-state index in [4.69, 9.17) is 14.2 Å². The van der Waals surface area contributed by atoms with Crippen LogP contribution in [0, 0.1) is 6.92 Å². The Hall–Kier alpha value is -4.33. The van der Waals surface area contributed by atoms with Gasteiger partial charge in [-0.15, -0.1) is 0 Å². The SMILES string of the molecule is COc1cc(OC)cc(C(=O)N/N=C/c2ccc(OCC(=O)Nc3ccc(C)cc3)cc2)c1. The first-order valence-corrected chi connectivity index (χ1v) is 10.1. The van der Waals surface area contributed by atoms with Crippen molar-refractivity contribution in [1.29, 1.82) is 0 Å². The third-order valence-corrected chi connectivity index (χ3v) is 4.58. The monoisotopic (exact) mass is 447 g/mol. The molecule has 0 spiro atoms. The Balaban J connectivity index is 1.49. The Morgan fingerprint density at radius 3 is 2.12 bits per heavy atom. The van der Waals surface area contributed by atoms with Gasteiger partial charge in [0.05, 0.1) is 20.4 Å². The topological polar surface area (TPSA) is 98.2 Å². The molecule has 170 valence electrons. The van der Waals surface area contributed by atoms with Crippen molar-refractivity contribution in [2.24, 2.45) is 5.10 Å². The number of nitrogens with zero attached hydrogens (tertiary/aromatic N) is 1. The van der Waals surface area contributed by atoms with Crippen LogP contribution in [-0.4, -0.2) is 38.9 Å². The summed E-state index contributed by atoms with van der Waals surface area (Å²) in [6.07, 6.45) is 1.50. The van der Waals surface area contributed by atoms with E-state index in [1.165, 1.54) is 20.4 Å². The van der Waals surface area contributed by atoms with Crippen molar-refractivity contribution < 1.29 is 23.8 Å². The maximum atomic E-state index is 12.3. The number of anilines is 1. The summed E-state index contributed by atoms with van der Waals surface area (Å²) >= 11 is 0. The number of hydrogen-bond acceptors (Lipinski definition) is 6. The standard InChI is InChI=1S/C25H25N3O5/c1-17-4-8-20(9-5-17)27-24(29)16-33-21-10-6-18(7-11-21)15-26-28-25(30)19-12-22(31-2)14-23(13-19)32-3/h4-15H,16H2,1-3H3,(H,27,29)(H,28,30)/b26-15+. The molecule has 0 aliphatic heterocycles. The van der Waals surface area contributed by atoms with Crippen LogP contribution in [0.5, 0.6) is 17.2 Å². The van der Waals surface area contributed by atoms with E-state index in [-0.39, 0.29) is 12.5 Å². The van der Waals surface area contributed by atoms with Crippen LogP contribution in [0.25, 0.3) is 0 Å². The van der Waals surface area contributed by atoms with Gasteiger partial charge in [0.2, 0.25) is 0 Å². The molecule has 0 atom stereocenters. The second-order valence-electron chi connectivity index (χ2n) is 7.07. The Morgan fingerprint density at radius 2 is 1.52 bits per heavy atom. The highest BCUT2D eigenvalue weighted by molar-refractivity contribution is 5.95. The van der Waals surface area contributed by atoms with Crippen LogP contribution < -0.4 is 25.0 Å². The molecule has 3 aromatic carbocycles. The molecule has 0 unspecified atom stereocenters. The van der Waals surface area contributed by atoms with Crippen molar-refractivity contribution in [3.8, 4) is 17.2 Å². The van der Waals surface area contributed by atoms with E-state index in [2.05, 4.69) is 15.8 Å². The molecular formula is C25H25N3O5. The van der Waals surface area contributed by atoms with Crippen LogP contribution in [0.3, 0.4) is 0 Å². The highest BCUT2D eigenvalue weighted by atomic mass is 16.5. The molecule has 3 aromatic rings. The Kier molecular flexibility index (Phi) is 8.02. The number of carbonyl (C=O) groups is 2. The largest absolute Gasteiger partial charge is 0.497 e. The molecule has 0 fully saturated rings. The van der Waals surface area contributed by atoms with Crippen LogP contribution in [0.1, 0.15) is 21.5 Å². The van der Waals surface area contributed by atoms with Crippen molar-refractivity contribution in [2.75, 3.05) is 26.1 Å². The van der Waals surface area contributed by atoms with Crippen LogP contribution in [0.15, 0.2) is 71.8 Å². The number of benzene rings is 3. The molecule has 2 amide bonds. The van der Waals surface area contributed by atoms with Gasteiger partial charge in [0.25, 0.3) is 11.8 Å². The summed E-state index contributed by atoms with van der Waals surface area (Å²) in [7, 11) is 3.02. The van der Waals surface area contributed by atoms with E-state index < -0.39 is 5.91 Å². The van der Waals surface area contributed by atoms with E-state index in [9.17, 15) is 9.59 Å². The lowest BCUT2D eigenvalue weighted by atomic mass is 10.2. The molecule has 0 radical (unpaired) electrons. The molecule has 0 aliphatic rings. The highest BCUT2D eigenvalue weighted by Gasteiger charge is 2.09. The van der Waals surface area contributed by atoms with Gasteiger partial charge in [-0.1, -0.05) is 17.7 Å². The van der Waals surface area contributed by atoms with Gasteiger partial charge in [-0.25, -0.2) is 5.43 Å². The Morgan fingerprint density at radius 1 is 0.879 bits per heavy atom. The van der Waals surface area contributed by atoms with E-state index in [1.807, 2.05) is 31.2 Å². The number of nitrogens with one attached hydrogen (secondary N) is 2. The lowest BCUT2D eigenvalue weighted by Crippen LogP contribution is -2.20. The van der Waals surface area contributed by atoms with Gasteiger partial charge in [0.1, 0.15) is 17.2 Å². The molecule has 0 aliphatic carbocycles. The van der Waals surface area contributed by atoms with Crippen LogP contribution in [0.4, 0.5) is 5.69 Å². The molecule has 8 heteroatoms. The molecule has 0 saturated heterocycles. The normalized spacial score (nSPS) is 10.5. The summed E-state index contributed by atoms with van der Waals surface area (Å²) in [5.41, 5.74) is 5.41. The third kappa shape index (κ3) is 7.10. The number of ether oxygens (including phenoxy) is 3. The van der Waals surface area contributed by atoms with Crippen LogP contribution >= 0.6 is 0 Å². The highest BCUT2D eigenvalue weighted by Crippen LogP contribution is 2.22. The lowest BCUT2D eigenvalue weighted by molar-refractivity contribution is -0.118. The van der Waals surface area contributed by atoms with E-state index in [1.54, 1.807) is 42.5 Å². The Labute approximate surface area is 192 Å². The van der Waals surface area contributed by atoms with E-state index in [0.717, 1.165) is 16.8 Å². The summed E-state index contributed by atoms with van der Waals surface area (Å²) in [5, 5.41) is 6.75. The molecule has 8 nitrogen and oxygen atoms in total. The number of hydrogen-bond donors (Lipinski definition) is 2. The smallest absolute Gasteiger partial charge is 0.271 e. The van der Waals surface area contributed by atoms with E-state index in [0.29, 0.717) is 22.8 Å². The average molecular weight is 447 g/mol. The van der Waals surface area contributed by atoms with Gasteiger partial charge in [0.15, 0.2) is 6.61 Å². The van der Waals surface area contributed by atoms with Crippen molar-refractivity contribution in [1.82, 2.24) is 5.43 Å². The fourth-order valence-corrected chi connectivity index (χ4v) is 2.80. The predicted octanol–water partition coefficient (Wildman–Crippen LogP) is 3.79. The summed E-state index contributed by atoms with van der Waals surface area (Å²) in [4.78, 5) is 24.4. The van der Waals surface area contributed by atoms with Gasteiger partial charge in [-0.2, -0.15) is 5.10 Å². The number of rotatable bonds is 9.